The molecular weight excluding hydrogens is 304 g/mol. The van der Waals surface area contributed by atoms with Crippen molar-refractivity contribution in [2.24, 2.45) is 0 Å². The van der Waals surface area contributed by atoms with Crippen LogP contribution < -0.4 is 4.72 Å². The van der Waals surface area contributed by atoms with E-state index in [9.17, 15) is 13.2 Å². The molecule has 1 saturated heterocycles. The van der Waals surface area contributed by atoms with E-state index in [2.05, 4.69) is 18.6 Å². The van der Waals surface area contributed by atoms with Gasteiger partial charge in [-0.1, -0.05) is 26.0 Å². The highest BCUT2D eigenvalue weighted by Gasteiger charge is 2.28. The largest absolute Gasteiger partial charge is 0.444 e. The molecule has 1 aliphatic heterocycles. The number of sulfonamides is 1. The molecule has 1 N–H and O–H groups in total. The first-order chi connectivity index (χ1) is 10.3. The van der Waals surface area contributed by atoms with Gasteiger partial charge in [-0.05, 0) is 30.0 Å². The first kappa shape index (κ1) is 16.8. The van der Waals surface area contributed by atoms with Crippen molar-refractivity contribution in [1.82, 2.24) is 9.62 Å². The van der Waals surface area contributed by atoms with Gasteiger partial charge in [0.25, 0.3) is 0 Å². The van der Waals surface area contributed by atoms with Crippen molar-refractivity contribution in [1.29, 1.82) is 0 Å². The van der Waals surface area contributed by atoms with Crippen LogP contribution in [0.15, 0.2) is 29.2 Å². The van der Waals surface area contributed by atoms with E-state index in [-0.39, 0.29) is 23.6 Å². The summed E-state index contributed by atoms with van der Waals surface area (Å²) < 4.78 is 32.0. The molecule has 1 amide bonds. The molecule has 122 valence electrons. The van der Waals surface area contributed by atoms with Crippen LogP contribution in [0, 0.1) is 0 Å². The maximum absolute atomic E-state index is 12.2. The predicted octanol–water partition coefficient (Wildman–Crippen LogP) is 1.93. The minimum absolute atomic E-state index is 0.236. The van der Waals surface area contributed by atoms with Gasteiger partial charge in [-0.25, -0.2) is 17.9 Å². The second-order valence-corrected chi connectivity index (χ2v) is 7.56. The number of benzene rings is 1. The lowest BCUT2D eigenvalue weighted by atomic mass is 10.0. The molecular formula is C15H22N2O4S. The predicted molar refractivity (Wildman–Crippen MR) is 83.2 cm³/mol. The van der Waals surface area contributed by atoms with Crippen molar-refractivity contribution in [3.05, 3.63) is 29.8 Å². The lowest BCUT2D eigenvalue weighted by molar-refractivity contribution is 0.131. The topological polar surface area (TPSA) is 75.7 Å². The number of ether oxygens (including phenoxy) is 1. The van der Waals surface area contributed by atoms with Crippen molar-refractivity contribution < 1.29 is 17.9 Å². The molecule has 22 heavy (non-hydrogen) atoms. The Labute approximate surface area is 131 Å². The van der Waals surface area contributed by atoms with Crippen LogP contribution in [0.4, 0.5) is 4.79 Å². The summed E-state index contributed by atoms with van der Waals surface area (Å²) in [6, 6.07) is 6.88. The van der Waals surface area contributed by atoms with E-state index in [4.69, 9.17) is 4.74 Å². The van der Waals surface area contributed by atoms with Crippen molar-refractivity contribution >= 4 is 16.1 Å². The van der Waals surface area contributed by atoms with E-state index in [1.165, 1.54) is 4.90 Å². The highest BCUT2D eigenvalue weighted by molar-refractivity contribution is 7.89. The molecule has 1 aromatic carbocycles. The molecule has 2 rings (SSSR count). The lowest BCUT2D eigenvalue weighted by Gasteiger charge is -2.11. The van der Waals surface area contributed by atoms with Gasteiger partial charge >= 0.3 is 6.09 Å². The van der Waals surface area contributed by atoms with E-state index in [0.29, 0.717) is 18.9 Å². The minimum atomic E-state index is -3.53. The number of hydrogen-bond donors (Lipinski definition) is 1. The summed E-state index contributed by atoms with van der Waals surface area (Å²) in [5, 5.41) is 0. The molecule has 0 aliphatic carbocycles. The fourth-order valence-electron chi connectivity index (χ4n) is 2.27. The third-order valence-corrected chi connectivity index (χ3v) is 5.15. The zero-order valence-electron chi connectivity index (χ0n) is 13.1. The average molecular weight is 326 g/mol. The highest BCUT2D eigenvalue weighted by atomic mass is 32.2. The SMILES string of the molecule is CC(C)c1ccc(S(=O)(=O)NCCC2CN(C)C(=O)O2)cc1. The zero-order chi connectivity index (χ0) is 16.3. The molecule has 1 aromatic rings. The van der Waals surface area contributed by atoms with Crippen molar-refractivity contribution in [2.75, 3.05) is 20.1 Å². The van der Waals surface area contributed by atoms with Gasteiger partial charge in [0.1, 0.15) is 6.10 Å². The van der Waals surface area contributed by atoms with Gasteiger partial charge in [0.15, 0.2) is 0 Å². The summed E-state index contributed by atoms with van der Waals surface area (Å²) in [5.41, 5.74) is 1.10. The third kappa shape index (κ3) is 3.98. The van der Waals surface area contributed by atoms with E-state index < -0.39 is 10.0 Å². The van der Waals surface area contributed by atoms with Crippen LogP contribution in [0.25, 0.3) is 0 Å². The van der Waals surface area contributed by atoms with Crippen LogP contribution in [0.5, 0.6) is 0 Å². The Kier molecular flexibility index (Phi) is 5.08. The van der Waals surface area contributed by atoms with E-state index in [1.807, 2.05) is 12.1 Å². The van der Waals surface area contributed by atoms with Crippen LogP contribution in [0.2, 0.25) is 0 Å². The van der Waals surface area contributed by atoms with Crippen molar-refractivity contribution in [3.8, 4) is 0 Å². The Bertz CT molecular complexity index is 625. The van der Waals surface area contributed by atoms with E-state index in [0.717, 1.165) is 5.56 Å². The summed E-state index contributed by atoms with van der Waals surface area (Å²) in [5.74, 6) is 0.360. The van der Waals surface area contributed by atoms with Crippen LogP contribution >= 0.6 is 0 Å². The van der Waals surface area contributed by atoms with Gasteiger partial charge in [-0.3, -0.25) is 0 Å². The number of carbonyl (C=O) groups is 1. The normalized spacial score (nSPS) is 18.8. The van der Waals surface area contributed by atoms with E-state index >= 15 is 0 Å². The highest BCUT2D eigenvalue weighted by Crippen LogP contribution is 2.17. The second kappa shape index (κ2) is 6.66. The number of cyclic esters (lactones) is 1. The summed E-state index contributed by atoms with van der Waals surface area (Å²) in [7, 11) is -1.87. The average Bonchev–Trinajstić information content (AvgIpc) is 2.77. The van der Waals surface area contributed by atoms with Crippen molar-refractivity contribution in [3.63, 3.8) is 0 Å². The van der Waals surface area contributed by atoms with Gasteiger partial charge in [0, 0.05) is 13.6 Å². The monoisotopic (exact) mass is 326 g/mol. The third-order valence-electron chi connectivity index (χ3n) is 3.67. The number of nitrogens with one attached hydrogen (secondary N) is 1. The van der Waals surface area contributed by atoms with Crippen LogP contribution in [-0.2, 0) is 14.8 Å². The standard InChI is InChI=1S/C15H22N2O4S/c1-11(2)12-4-6-14(7-5-12)22(19,20)16-9-8-13-10-17(3)15(18)21-13/h4-7,11,13,16H,8-10H2,1-3H3. The fraction of sp³-hybridized carbons (Fsp3) is 0.533. The molecule has 7 heteroatoms. The first-order valence-electron chi connectivity index (χ1n) is 7.31. The molecule has 6 nitrogen and oxygen atoms in total. The molecule has 0 radical (unpaired) electrons. The van der Waals surface area contributed by atoms with Gasteiger partial charge < -0.3 is 9.64 Å². The van der Waals surface area contributed by atoms with Crippen LogP contribution in [0.1, 0.15) is 31.7 Å². The van der Waals surface area contributed by atoms with Crippen LogP contribution in [0.3, 0.4) is 0 Å². The Morgan fingerprint density at radius 1 is 1.32 bits per heavy atom. The number of amides is 1. The Balaban J connectivity index is 1.90. The minimum Gasteiger partial charge on any atom is -0.444 e. The number of nitrogens with zero attached hydrogens (tertiary/aromatic N) is 1. The molecule has 0 saturated carbocycles. The molecule has 1 heterocycles. The summed E-state index contributed by atoms with van der Waals surface area (Å²) >= 11 is 0. The van der Waals surface area contributed by atoms with Crippen molar-refractivity contribution in [2.45, 2.75) is 37.2 Å². The van der Waals surface area contributed by atoms with Gasteiger partial charge in [0.05, 0.1) is 11.4 Å². The first-order valence-corrected chi connectivity index (χ1v) is 8.79. The fourth-order valence-corrected chi connectivity index (χ4v) is 3.32. The maximum atomic E-state index is 12.2. The number of carbonyl (C=O) groups excluding carboxylic acids is 1. The molecule has 1 aliphatic rings. The number of rotatable bonds is 6. The molecule has 1 unspecified atom stereocenters. The van der Waals surface area contributed by atoms with Crippen LogP contribution in [-0.4, -0.2) is 45.7 Å². The maximum Gasteiger partial charge on any atom is 0.409 e. The Hall–Kier alpha value is -1.60. The molecule has 1 atom stereocenters. The van der Waals surface area contributed by atoms with Gasteiger partial charge in [-0.15, -0.1) is 0 Å². The molecule has 0 aromatic heterocycles. The Morgan fingerprint density at radius 2 is 1.95 bits per heavy atom. The lowest BCUT2D eigenvalue weighted by Crippen LogP contribution is -2.28. The second-order valence-electron chi connectivity index (χ2n) is 5.80. The summed E-state index contributed by atoms with van der Waals surface area (Å²) in [4.78, 5) is 12.9. The zero-order valence-corrected chi connectivity index (χ0v) is 13.9. The number of likely N-dealkylation sites (N-methyl/N-ethyl adjacent to an activating group) is 1. The molecule has 1 fully saturated rings. The summed E-state index contributed by atoms with van der Waals surface area (Å²) in [6.07, 6.45) is -0.167. The van der Waals surface area contributed by atoms with Gasteiger partial charge in [0.2, 0.25) is 10.0 Å². The van der Waals surface area contributed by atoms with Gasteiger partial charge in [-0.2, -0.15) is 0 Å². The summed E-state index contributed by atoms with van der Waals surface area (Å²) in [6.45, 7) is 4.84. The number of hydrogen-bond acceptors (Lipinski definition) is 4. The quantitative estimate of drug-likeness (QED) is 0.866. The molecule has 0 bridgehead atoms. The van der Waals surface area contributed by atoms with E-state index in [1.54, 1.807) is 19.2 Å². The smallest absolute Gasteiger partial charge is 0.409 e. The Morgan fingerprint density at radius 3 is 2.45 bits per heavy atom. The molecule has 0 spiro atoms.